The molecule has 120 valence electrons. The van der Waals surface area contributed by atoms with Gasteiger partial charge in [-0.25, -0.2) is 0 Å². The fourth-order valence-electron chi connectivity index (χ4n) is 2.26. The van der Waals surface area contributed by atoms with E-state index in [0.717, 1.165) is 28.1 Å². The van der Waals surface area contributed by atoms with Crippen molar-refractivity contribution in [3.63, 3.8) is 0 Å². The maximum Gasteiger partial charge on any atom is 0.248 e. The van der Waals surface area contributed by atoms with E-state index in [1.807, 2.05) is 54.7 Å². The largest absolute Gasteiger partial charge is 0.497 e. The molecular weight excluding hydrogens is 302 g/mol. The third-order valence-corrected chi connectivity index (χ3v) is 3.50. The molecule has 3 rings (SSSR count). The summed E-state index contributed by atoms with van der Waals surface area (Å²) in [6.07, 6.45) is 6.82. The van der Waals surface area contributed by atoms with Gasteiger partial charge in [-0.15, -0.1) is 0 Å². The molecule has 0 spiro atoms. The first-order valence-corrected chi connectivity index (χ1v) is 7.47. The van der Waals surface area contributed by atoms with E-state index >= 15 is 0 Å². The van der Waals surface area contributed by atoms with E-state index in [1.165, 1.54) is 6.08 Å². The first-order valence-electron chi connectivity index (χ1n) is 7.47. The Hall–Kier alpha value is -3.34. The van der Waals surface area contributed by atoms with Gasteiger partial charge in [-0.3, -0.25) is 9.89 Å². The van der Waals surface area contributed by atoms with Crippen LogP contribution in [0.3, 0.4) is 0 Å². The van der Waals surface area contributed by atoms with Crippen LogP contribution < -0.4 is 10.1 Å². The molecule has 0 aliphatic rings. The van der Waals surface area contributed by atoms with Gasteiger partial charge in [0, 0.05) is 23.5 Å². The van der Waals surface area contributed by atoms with Gasteiger partial charge >= 0.3 is 0 Å². The van der Waals surface area contributed by atoms with E-state index in [-0.39, 0.29) is 5.91 Å². The van der Waals surface area contributed by atoms with E-state index in [1.54, 1.807) is 19.4 Å². The number of amides is 1. The lowest BCUT2D eigenvalue weighted by Gasteiger charge is -2.04. The molecule has 0 radical (unpaired) electrons. The number of aromatic amines is 1. The molecule has 2 N–H and O–H groups in total. The zero-order chi connectivity index (χ0) is 16.8. The fourth-order valence-corrected chi connectivity index (χ4v) is 2.26. The number of hydrogen-bond acceptors (Lipinski definition) is 3. The Morgan fingerprint density at radius 2 is 2.00 bits per heavy atom. The number of aromatic nitrogens is 2. The van der Waals surface area contributed by atoms with Crippen LogP contribution in [0.4, 0.5) is 5.69 Å². The van der Waals surface area contributed by atoms with Crippen molar-refractivity contribution in [3.8, 4) is 16.9 Å². The number of carbonyl (C=O) groups excluding carboxylic acids is 1. The minimum atomic E-state index is -0.186. The van der Waals surface area contributed by atoms with E-state index in [4.69, 9.17) is 4.74 Å². The predicted molar refractivity (Wildman–Crippen MR) is 94.7 cm³/mol. The summed E-state index contributed by atoms with van der Waals surface area (Å²) in [7, 11) is 1.61. The van der Waals surface area contributed by atoms with Crippen LogP contribution in [0, 0.1) is 0 Å². The lowest BCUT2D eigenvalue weighted by molar-refractivity contribution is -0.111. The van der Waals surface area contributed by atoms with Crippen LogP contribution in [0.2, 0.25) is 0 Å². The number of ether oxygens (including phenoxy) is 1. The van der Waals surface area contributed by atoms with Crippen molar-refractivity contribution in [2.45, 2.75) is 0 Å². The van der Waals surface area contributed by atoms with E-state index < -0.39 is 0 Å². The van der Waals surface area contributed by atoms with Gasteiger partial charge < -0.3 is 10.1 Å². The fraction of sp³-hybridized carbons (Fsp3) is 0.0526. The molecule has 5 heteroatoms. The standard InChI is InChI=1S/C19H17N3O2/c1-24-18-4-2-3-14(11-18)5-10-19(23)22-17-8-6-15(7-9-17)16-12-20-21-13-16/h2-13H,1H3,(H,20,21)(H,22,23)/b10-5+. The average Bonchev–Trinajstić information content (AvgIpc) is 3.15. The van der Waals surface area contributed by atoms with Crippen molar-refractivity contribution in [2.75, 3.05) is 12.4 Å². The van der Waals surface area contributed by atoms with Crippen LogP contribution in [0.1, 0.15) is 5.56 Å². The number of hydrogen-bond donors (Lipinski definition) is 2. The molecule has 2 aromatic carbocycles. The summed E-state index contributed by atoms with van der Waals surface area (Å²) in [6.45, 7) is 0. The predicted octanol–water partition coefficient (Wildman–Crippen LogP) is 3.74. The van der Waals surface area contributed by atoms with Crippen molar-refractivity contribution < 1.29 is 9.53 Å². The summed E-state index contributed by atoms with van der Waals surface area (Å²) in [5.74, 6) is 0.571. The average molecular weight is 319 g/mol. The zero-order valence-electron chi connectivity index (χ0n) is 13.2. The second kappa shape index (κ2) is 7.28. The van der Waals surface area contributed by atoms with Crippen LogP contribution in [-0.2, 0) is 4.79 Å². The van der Waals surface area contributed by atoms with Crippen LogP contribution >= 0.6 is 0 Å². The Balaban J connectivity index is 1.63. The van der Waals surface area contributed by atoms with Gasteiger partial charge in [0.15, 0.2) is 0 Å². The zero-order valence-corrected chi connectivity index (χ0v) is 13.2. The lowest BCUT2D eigenvalue weighted by Crippen LogP contribution is -2.07. The number of nitrogens with zero attached hydrogens (tertiary/aromatic N) is 1. The van der Waals surface area contributed by atoms with Gasteiger partial charge in [-0.1, -0.05) is 24.3 Å². The quantitative estimate of drug-likeness (QED) is 0.704. The van der Waals surface area contributed by atoms with Crippen molar-refractivity contribution in [1.82, 2.24) is 10.2 Å². The summed E-state index contributed by atoms with van der Waals surface area (Å²) < 4.78 is 5.16. The molecule has 3 aromatic rings. The molecule has 0 fully saturated rings. The smallest absolute Gasteiger partial charge is 0.248 e. The first-order chi connectivity index (χ1) is 11.7. The highest BCUT2D eigenvalue weighted by molar-refractivity contribution is 6.02. The van der Waals surface area contributed by atoms with Gasteiger partial charge in [0.05, 0.1) is 13.3 Å². The monoisotopic (exact) mass is 319 g/mol. The number of benzene rings is 2. The highest BCUT2D eigenvalue weighted by atomic mass is 16.5. The van der Waals surface area contributed by atoms with Crippen LogP contribution in [0.15, 0.2) is 67.0 Å². The molecular formula is C19H17N3O2. The minimum Gasteiger partial charge on any atom is -0.497 e. The normalized spacial score (nSPS) is 10.7. The third kappa shape index (κ3) is 3.89. The summed E-state index contributed by atoms with van der Waals surface area (Å²) in [4.78, 5) is 12.0. The molecule has 1 heterocycles. The highest BCUT2D eigenvalue weighted by Gasteiger charge is 2.01. The van der Waals surface area contributed by atoms with Gasteiger partial charge in [-0.2, -0.15) is 5.10 Å². The molecule has 1 aromatic heterocycles. The second-order valence-corrected chi connectivity index (χ2v) is 5.16. The molecule has 5 nitrogen and oxygen atoms in total. The SMILES string of the molecule is COc1cccc(/C=C/C(=O)Nc2ccc(-c3cn[nH]c3)cc2)c1. The molecule has 0 bridgehead atoms. The van der Waals surface area contributed by atoms with Gasteiger partial charge in [0.1, 0.15) is 5.75 Å². The molecule has 1 amide bonds. The van der Waals surface area contributed by atoms with E-state index in [0.29, 0.717) is 0 Å². The molecule has 0 aliphatic carbocycles. The molecule has 0 unspecified atom stereocenters. The topological polar surface area (TPSA) is 67.0 Å². The van der Waals surface area contributed by atoms with Crippen molar-refractivity contribution >= 4 is 17.7 Å². The molecule has 24 heavy (non-hydrogen) atoms. The highest BCUT2D eigenvalue weighted by Crippen LogP contribution is 2.20. The molecule has 0 aliphatic heterocycles. The Labute approximate surface area is 140 Å². The summed E-state index contributed by atoms with van der Waals surface area (Å²) in [5, 5.41) is 9.53. The molecule has 0 atom stereocenters. The summed E-state index contributed by atoms with van der Waals surface area (Å²) >= 11 is 0. The number of anilines is 1. The van der Waals surface area contributed by atoms with Crippen LogP contribution in [0.25, 0.3) is 17.2 Å². The molecule has 0 saturated heterocycles. The number of carbonyl (C=O) groups is 1. The van der Waals surface area contributed by atoms with Gasteiger partial charge in [0.25, 0.3) is 0 Å². The van der Waals surface area contributed by atoms with Crippen molar-refractivity contribution in [1.29, 1.82) is 0 Å². The van der Waals surface area contributed by atoms with Gasteiger partial charge in [-0.05, 0) is 41.5 Å². The van der Waals surface area contributed by atoms with Crippen LogP contribution in [0.5, 0.6) is 5.75 Å². The van der Waals surface area contributed by atoms with Crippen LogP contribution in [-0.4, -0.2) is 23.2 Å². The van der Waals surface area contributed by atoms with E-state index in [9.17, 15) is 4.79 Å². The Bertz CT molecular complexity index is 837. The maximum atomic E-state index is 12.0. The maximum absolute atomic E-state index is 12.0. The number of nitrogens with one attached hydrogen (secondary N) is 2. The lowest BCUT2D eigenvalue weighted by atomic mass is 10.1. The van der Waals surface area contributed by atoms with Crippen molar-refractivity contribution in [2.24, 2.45) is 0 Å². The second-order valence-electron chi connectivity index (χ2n) is 5.16. The number of rotatable bonds is 5. The Morgan fingerprint density at radius 3 is 2.71 bits per heavy atom. The summed E-state index contributed by atoms with van der Waals surface area (Å²) in [5.41, 5.74) is 3.68. The Morgan fingerprint density at radius 1 is 1.17 bits per heavy atom. The van der Waals surface area contributed by atoms with Gasteiger partial charge in [0.2, 0.25) is 5.91 Å². The molecule has 0 saturated carbocycles. The first kappa shape index (κ1) is 15.6. The van der Waals surface area contributed by atoms with Crippen molar-refractivity contribution in [3.05, 3.63) is 72.6 Å². The van der Waals surface area contributed by atoms with E-state index in [2.05, 4.69) is 15.5 Å². The Kier molecular flexibility index (Phi) is 4.72. The summed E-state index contributed by atoms with van der Waals surface area (Å²) in [6, 6.07) is 15.1. The third-order valence-electron chi connectivity index (χ3n) is 3.50. The number of H-pyrrole nitrogens is 1. The number of methoxy groups -OCH3 is 1. The minimum absolute atomic E-state index is 0.186.